The Morgan fingerprint density at radius 3 is 2.71 bits per heavy atom. The molecule has 0 bridgehead atoms. The van der Waals surface area contributed by atoms with Crippen LogP contribution in [0.4, 0.5) is 0 Å². The Kier molecular flexibility index (Phi) is 4.04. The summed E-state index contributed by atoms with van der Waals surface area (Å²) >= 11 is 1.54. The molecule has 1 atom stereocenters. The van der Waals surface area contributed by atoms with Crippen LogP contribution in [0.15, 0.2) is 41.9 Å². The van der Waals surface area contributed by atoms with Crippen molar-refractivity contribution in [2.75, 3.05) is 0 Å². The van der Waals surface area contributed by atoms with Gasteiger partial charge < -0.3 is 0 Å². The first kappa shape index (κ1) is 12.0. The van der Waals surface area contributed by atoms with Gasteiger partial charge in [-0.1, -0.05) is 37.3 Å². The van der Waals surface area contributed by atoms with E-state index >= 15 is 0 Å². The minimum atomic E-state index is 0.0000926. The van der Waals surface area contributed by atoms with E-state index in [2.05, 4.69) is 11.9 Å². The van der Waals surface area contributed by atoms with Gasteiger partial charge in [-0.05, 0) is 12.0 Å². The summed E-state index contributed by atoms with van der Waals surface area (Å²) in [5.74, 6) is 0.258. The monoisotopic (exact) mass is 245 g/mol. The van der Waals surface area contributed by atoms with E-state index in [9.17, 15) is 4.79 Å². The molecule has 3 heteroatoms. The molecule has 0 saturated heterocycles. The van der Waals surface area contributed by atoms with Gasteiger partial charge in [0.1, 0.15) is 5.78 Å². The summed E-state index contributed by atoms with van der Waals surface area (Å²) in [6.45, 7) is 2.05. The van der Waals surface area contributed by atoms with E-state index in [0.717, 1.165) is 17.0 Å². The number of Topliss-reactive ketones (excluding diaryl/α,β-unsaturated/α-hetero) is 1. The third-order valence-electron chi connectivity index (χ3n) is 2.81. The molecule has 0 saturated carbocycles. The van der Waals surface area contributed by atoms with Crippen molar-refractivity contribution < 1.29 is 4.79 Å². The van der Waals surface area contributed by atoms with Crippen LogP contribution in [0.5, 0.6) is 0 Å². The van der Waals surface area contributed by atoms with E-state index < -0.39 is 0 Å². The van der Waals surface area contributed by atoms with E-state index in [0.29, 0.717) is 6.42 Å². The van der Waals surface area contributed by atoms with Gasteiger partial charge in [-0.15, -0.1) is 11.3 Å². The van der Waals surface area contributed by atoms with Crippen molar-refractivity contribution in [3.8, 4) is 0 Å². The van der Waals surface area contributed by atoms with E-state index in [4.69, 9.17) is 0 Å². The summed E-state index contributed by atoms with van der Waals surface area (Å²) in [5.41, 5.74) is 1.11. The maximum Gasteiger partial charge on any atom is 0.147 e. The number of ketones is 1. The highest BCUT2D eigenvalue weighted by Gasteiger charge is 2.19. The van der Waals surface area contributed by atoms with Gasteiger partial charge >= 0.3 is 0 Å². The van der Waals surface area contributed by atoms with E-state index in [1.54, 1.807) is 17.5 Å². The van der Waals surface area contributed by atoms with Gasteiger partial charge in [-0.25, -0.2) is 4.98 Å². The molecule has 17 heavy (non-hydrogen) atoms. The van der Waals surface area contributed by atoms with Crippen LogP contribution in [-0.2, 0) is 11.2 Å². The van der Waals surface area contributed by atoms with Crippen molar-refractivity contribution in [3.63, 3.8) is 0 Å². The zero-order valence-corrected chi connectivity index (χ0v) is 10.6. The molecular formula is C14H15NOS. The number of benzene rings is 1. The van der Waals surface area contributed by atoms with E-state index in [1.807, 2.05) is 35.7 Å². The molecule has 0 fully saturated rings. The van der Waals surface area contributed by atoms with E-state index in [1.165, 1.54) is 0 Å². The molecule has 1 unspecified atom stereocenters. The van der Waals surface area contributed by atoms with Crippen molar-refractivity contribution in [3.05, 3.63) is 52.5 Å². The molecule has 2 aromatic rings. The fraction of sp³-hybridized carbons (Fsp3) is 0.286. The summed E-state index contributed by atoms with van der Waals surface area (Å²) in [6.07, 6.45) is 3.04. The second-order valence-electron chi connectivity index (χ2n) is 3.94. The van der Waals surface area contributed by atoms with Gasteiger partial charge in [-0.3, -0.25) is 4.79 Å². The molecule has 0 N–H and O–H groups in total. The molecule has 0 amide bonds. The van der Waals surface area contributed by atoms with Crippen molar-refractivity contribution in [1.29, 1.82) is 0 Å². The van der Waals surface area contributed by atoms with Crippen LogP contribution in [0, 0.1) is 0 Å². The van der Waals surface area contributed by atoms with Gasteiger partial charge in [0.25, 0.3) is 0 Å². The van der Waals surface area contributed by atoms with Crippen LogP contribution in [0.3, 0.4) is 0 Å². The highest BCUT2D eigenvalue weighted by atomic mass is 32.1. The van der Waals surface area contributed by atoms with Crippen molar-refractivity contribution in [2.45, 2.75) is 25.7 Å². The molecule has 0 radical (unpaired) electrons. The third kappa shape index (κ3) is 3.01. The largest absolute Gasteiger partial charge is 0.299 e. The molecule has 0 aliphatic rings. The second kappa shape index (κ2) is 5.73. The van der Waals surface area contributed by atoms with Crippen molar-refractivity contribution in [2.24, 2.45) is 0 Å². The average molecular weight is 245 g/mol. The summed E-state index contributed by atoms with van der Waals surface area (Å²) in [5, 5.41) is 2.82. The summed E-state index contributed by atoms with van der Waals surface area (Å²) in [7, 11) is 0. The van der Waals surface area contributed by atoms with Gasteiger partial charge in [0.15, 0.2) is 0 Å². The van der Waals surface area contributed by atoms with Gasteiger partial charge in [0.05, 0.1) is 11.4 Å². The van der Waals surface area contributed by atoms with Crippen LogP contribution < -0.4 is 0 Å². The smallest absolute Gasteiger partial charge is 0.147 e. The molecule has 0 aliphatic carbocycles. The first-order valence-corrected chi connectivity index (χ1v) is 6.65. The van der Waals surface area contributed by atoms with Crippen LogP contribution in [0.1, 0.15) is 29.8 Å². The summed E-state index contributed by atoms with van der Waals surface area (Å²) < 4.78 is 0. The highest BCUT2D eigenvalue weighted by Crippen LogP contribution is 2.22. The van der Waals surface area contributed by atoms with Crippen LogP contribution in [0.25, 0.3) is 0 Å². The quantitative estimate of drug-likeness (QED) is 0.807. The summed E-state index contributed by atoms with van der Waals surface area (Å²) in [4.78, 5) is 16.4. The minimum Gasteiger partial charge on any atom is -0.299 e. The SMILES string of the molecule is CCC(C(=O)Cc1nccs1)c1ccccc1. The zero-order valence-electron chi connectivity index (χ0n) is 9.80. The Morgan fingerprint density at radius 1 is 1.35 bits per heavy atom. The molecule has 1 aromatic heterocycles. The van der Waals surface area contributed by atoms with Gasteiger partial charge in [0.2, 0.25) is 0 Å². The predicted molar refractivity (Wildman–Crippen MR) is 70.3 cm³/mol. The van der Waals surface area contributed by atoms with Crippen LogP contribution >= 0.6 is 11.3 Å². The number of hydrogen-bond acceptors (Lipinski definition) is 3. The molecule has 1 aromatic carbocycles. The lowest BCUT2D eigenvalue weighted by molar-refractivity contribution is -0.119. The predicted octanol–water partition coefficient (Wildman–Crippen LogP) is 3.45. The molecule has 2 rings (SSSR count). The Morgan fingerprint density at radius 2 is 2.12 bits per heavy atom. The van der Waals surface area contributed by atoms with E-state index in [-0.39, 0.29) is 11.7 Å². The fourth-order valence-electron chi connectivity index (χ4n) is 1.95. The summed E-state index contributed by atoms with van der Waals surface area (Å²) in [6, 6.07) is 9.98. The first-order chi connectivity index (χ1) is 8.31. The minimum absolute atomic E-state index is 0.0000926. The fourth-order valence-corrected chi connectivity index (χ4v) is 2.57. The topological polar surface area (TPSA) is 30.0 Å². The molecule has 88 valence electrons. The molecular weight excluding hydrogens is 230 g/mol. The first-order valence-electron chi connectivity index (χ1n) is 5.77. The van der Waals surface area contributed by atoms with Crippen molar-refractivity contribution >= 4 is 17.1 Å². The Labute approximate surface area is 105 Å². The van der Waals surface area contributed by atoms with Crippen LogP contribution in [0.2, 0.25) is 0 Å². The number of hydrogen-bond donors (Lipinski definition) is 0. The zero-order chi connectivity index (χ0) is 12.1. The standard InChI is InChI=1S/C14H15NOS/c1-2-12(11-6-4-3-5-7-11)13(16)10-14-15-8-9-17-14/h3-9,12H,2,10H2,1H3. The van der Waals surface area contributed by atoms with Crippen LogP contribution in [-0.4, -0.2) is 10.8 Å². The molecule has 1 heterocycles. The normalized spacial score (nSPS) is 12.3. The maximum absolute atomic E-state index is 12.2. The number of nitrogens with zero attached hydrogens (tertiary/aromatic N) is 1. The lowest BCUT2D eigenvalue weighted by Gasteiger charge is -2.13. The lowest BCUT2D eigenvalue weighted by Crippen LogP contribution is -2.14. The number of carbonyl (C=O) groups is 1. The Bertz CT molecular complexity index is 464. The maximum atomic E-state index is 12.2. The third-order valence-corrected chi connectivity index (χ3v) is 3.59. The van der Waals surface area contributed by atoms with Crippen molar-refractivity contribution in [1.82, 2.24) is 4.98 Å². The highest BCUT2D eigenvalue weighted by molar-refractivity contribution is 7.09. The number of rotatable bonds is 5. The average Bonchev–Trinajstić information content (AvgIpc) is 2.84. The second-order valence-corrected chi connectivity index (χ2v) is 4.92. The Balaban J connectivity index is 2.11. The number of aromatic nitrogens is 1. The number of thiazole rings is 1. The Hall–Kier alpha value is -1.48. The number of carbonyl (C=O) groups excluding carboxylic acids is 1. The molecule has 0 aliphatic heterocycles. The molecule has 2 nitrogen and oxygen atoms in total. The van der Waals surface area contributed by atoms with Gasteiger partial charge in [0, 0.05) is 17.5 Å². The lowest BCUT2D eigenvalue weighted by atomic mass is 9.91. The van der Waals surface area contributed by atoms with Gasteiger partial charge in [-0.2, -0.15) is 0 Å². The molecule has 0 spiro atoms.